The van der Waals surface area contributed by atoms with Gasteiger partial charge in [-0.1, -0.05) is 11.6 Å². The Morgan fingerprint density at radius 2 is 2.00 bits per heavy atom. The minimum absolute atomic E-state index is 0.0958. The van der Waals surface area contributed by atoms with E-state index < -0.39 is 10.6 Å². The fourth-order valence-corrected chi connectivity index (χ4v) is 6.01. The van der Waals surface area contributed by atoms with E-state index in [9.17, 15) is 14.0 Å². The summed E-state index contributed by atoms with van der Waals surface area (Å²) >= 11 is 8.55. The lowest BCUT2D eigenvalue weighted by Crippen LogP contribution is -2.42. The van der Waals surface area contributed by atoms with Gasteiger partial charge >= 0.3 is 10.8 Å². The van der Waals surface area contributed by atoms with E-state index in [0.29, 0.717) is 35.6 Å². The third kappa shape index (κ3) is 3.44. The number of carbonyl (C=O) groups is 1. The third-order valence-corrected chi connectivity index (χ3v) is 7.95. The highest BCUT2D eigenvalue weighted by atomic mass is 35.5. The standard InChI is InChI=1S/C18H19ClFN3O3S2/c1-26-15(24)18(5-4-6-18)28-14-10-13(12(20)9-11(14)19)21-16-22-7-2-3-8-23(22)17(25)27-16/h9-10H,2-8H2,1H3. The normalized spacial score (nSPS) is 18.5. The molecule has 0 atom stereocenters. The number of hydrogen-bond donors (Lipinski definition) is 0. The summed E-state index contributed by atoms with van der Waals surface area (Å²) in [6.45, 7) is 1.33. The van der Waals surface area contributed by atoms with Gasteiger partial charge in [0.2, 0.25) is 4.80 Å². The van der Waals surface area contributed by atoms with Crippen LogP contribution in [-0.2, 0) is 22.6 Å². The van der Waals surface area contributed by atoms with Crippen LogP contribution in [0.15, 0.2) is 26.8 Å². The lowest BCUT2D eigenvalue weighted by atomic mass is 9.84. The van der Waals surface area contributed by atoms with Gasteiger partial charge in [-0.25, -0.2) is 14.1 Å². The van der Waals surface area contributed by atoms with E-state index in [1.54, 1.807) is 15.4 Å². The maximum Gasteiger partial charge on any atom is 0.325 e. The zero-order valence-electron chi connectivity index (χ0n) is 15.2. The molecule has 0 unspecified atom stereocenters. The zero-order chi connectivity index (χ0) is 19.9. The molecular formula is C18H19ClFN3O3S2. The second-order valence-electron chi connectivity index (χ2n) is 6.89. The summed E-state index contributed by atoms with van der Waals surface area (Å²) in [5, 5.41) is 0.233. The number of fused-ring (bicyclic) bond motifs is 1. The molecule has 1 aromatic heterocycles. The molecule has 0 radical (unpaired) electrons. The molecule has 0 saturated heterocycles. The number of hydrogen-bond acceptors (Lipinski definition) is 6. The molecule has 1 aromatic carbocycles. The number of benzene rings is 1. The van der Waals surface area contributed by atoms with Gasteiger partial charge in [0.15, 0.2) is 0 Å². The van der Waals surface area contributed by atoms with E-state index in [1.807, 2.05) is 0 Å². The Hall–Kier alpha value is -1.58. The molecule has 0 bridgehead atoms. The summed E-state index contributed by atoms with van der Waals surface area (Å²) in [5.74, 6) is -0.857. The van der Waals surface area contributed by atoms with Gasteiger partial charge in [-0.2, -0.15) is 0 Å². The predicted molar refractivity (Wildman–Crippen MR) is 107 cm³/mol. The summed E-state index contributed by atoms with van der Waals surface area (Å²) in [7, 11) is 1.37. The maximum atomic E-state index is 14.5. The number of halogens is 2. The third-order valence-electron chi connectivity index (χ3n) is 5.13. The Morgan fingerprint density at radius 1 is 1.29 bits per heavy atom. The molecule has 2 heterocycles. The Kier molecular flexibility index (Phi) is 5.41. The van der Waals surface area contributed by atoms with Crippen molar-refractivity contribution in [3.8, 4) is 0 Å². The van der Waals surface area contributed by atoms with Crippen LogP contribution in [0.4, 0.5) is 10.1 Å². The van der Waals surface area contributed by atoms with Crippen LogP contribution in [0.2, 0.25) is 5.02 Å². The van der Waals surface area contributed by atoms with Crippen LogP contribution in [0.1, 0.15) is 32.1 Å². The lowest BCUT2D eigenvalue weighted by molar-refractivity contribution is -0.145. The molecule has 1 saturated carbocycles. The van der Waals surface area contributed by atoms with Crippen molar-refractivity contribution in [1.29, 1.82) is 0 Å². The number of carbonyl (C=O) groups excluding carboxylic acids is 1. The number of nitrogens with zero attached hydrogens (tertiary/aromatic N) is 3. The molecule has 1 aliphatic carbocycles. The SMILES string of the molecule is COC(=O)C1(Sc2cc(N=c3sc(=O)n4n3CCCC4)c(F)cc2Cl)CCC1. The molecule has 4 rings (SSSR count). The average Bonchev–Trinajstić information content (AvgIpc) is 2.97. The zero-order valence-corrected chi connectivity index (χ0v) is 17.6. The maximum absolute atomic E-state index is 14.5. The number of rotatable bonds is 4. The van der Waals surface area contributed by atoms with Crippen molar-refractivity contribution < 1.29 is 13.9 Å². The molecule has 2 aromatic rings. The van der Waals surface area contributed by atoms with E-state index in [2.05, 4.69) is 4.99 Å². The molecule has 0 N–H and O–H groups in total. The van der Waals surface area contributed by atoms with Gasteiger partial charge in [0, 0.05) is 18.0 Å². The monoisotopic (exact) mass is 443 g/mol. The van der Waals surface area contributed by atoms with E-state index in [0.717, 1.165) is 30.6 Å². The summed E-state index contributed by atoms with van der Waals surface area (Å²) < 4.78 is 22.3. The van der Waals surface area contributed by atoms with E-state index in [-0.39, 0.29) is 21.6 Å². The first-order chi connectivity index (χ1) is 13.4. The van der Waals surface area contributed by atoms with Crippen LogP contribution < -0.4 is 9.67 Å². The number of ether oxygens (including phenoxy) is 1. The van der Waals surface area contributed by atoms with Crippen molar-refractivity contribution in [1.82, 2.24) is 9.36 Å². The Bertz CT molecular complexity index is 1060. The number of methoxy groups -OCH3 is 1. The van der Waals surface area contributed by atoms with Crippen molar-refractivity contribution in [3.63, 3.8) is 0 Å². The smallest absolute Gasteiger partial charge is 0.325 e. The topological polar surface area (TPSA) is 65.6 Å². The van der Waals surface area contributed by atoms with Crippen LogP contribution in [0.5, 0.6) is 0 Å². The van der Waals surface area contributed by atoms with Gasteiger partial charge < -0.3 is 4.74 Å². The molecule has 0 spiro atoms. The van der Waals surface area contributed by atoms with Crippen LogP contribution >= 0.6 is 34.7 Å². The first kappa shape index (κ1) is 19.7. The average molecular weight is 444 g/mol. The Balaban J connectivity index is 1.75. The molecule has 1 aliphatic heterocycles. The minimum atomic E-state index is -0.678. The van der Waals surface area contributed by atoms with Crippen LogP contribution in [0.25, 0.3) is 0 Å². The summed E-state index contributed by atoms with van der Waals surface area (Å²) in [4.78, 5) is 29.7. The predicted octanol–water partition coefficient (Wildman–Crippen LogP) is 3.72. The van der Waals surface area contributed by atoms with Gasteiger partial charge in [0.1, 0.15) is 16.3 Å². The molecular weight excluding hydrogens is 425 g/mol. The van der Waals surface area contributed by atoms with Gasteiger partial charge in [0.05, 0.1) is 12.1 Å². The van der Waals surface area contributed by atoms with Crippen molar-refractivity contribution >= 4 is 46.4 Å². The lowest BCUT2D eigenvalue weighted by Gasteiger charge is -2.38. The van der Waals surface area contributed by atoms with Gasteiger partial charge in [0.25, 0.3) is 0 Å². The minimum Gasteiger partial charge on any atom is -0.468 e. The second-order valence-corrected chi connectivity index (χ2v) is 9.64. The van der Waals surface area contributed by atoms with Gasteiger partial charge in [-0.3, -0.25) is 14.3 Å². The van der Waals surface area contributed by atoms with Crippen LogP contribution in [-0.4, -0.2) is 27.2 Å². The van der Waals surface area contributed by atoms with E-state index in [4.69, 9.17) is 16.3 Å². The molecule has 6 nitrogen and oxygen atoms in total. The summed E-state index contributed by atoms with van der Waals surface area (Å²) in [6, 6.07) is 2.76. The fraction of sp³-hybridized carbons (Fsp3) is 0.500. The van der Waals surface area contributed by atoms with Crippen molar-refractivity contribution in [2.45, 2.75) is 54.8 Å². The molecule has 10 heteroatoms. The number of esters is 1. The van der Waals surface area contributed by atoms with E-state index in [1.165, 1.54) is 24.9 Å². The molecule has 2 aliphatic rings. The quantitative estimate of drug-likeness (QED) is 0.675. The first-order valence-electron chi connectivity index (χ1n) is 9.05. The summed E-state index contributed by atoms with van der Waals surface area (Å²) in [5.41, 5.74) is 0.106. The number of thioether (sulfide) groups is 1. The van der Waals surface area contributed by atoms with Gasteiger partial charge in [-0.05, 0) is 55.6 Å². The van der Waals surface area contributed by atoms with Crippen LogP contribution in [0.3, 0.4) is 0 Å². The van der Waals surface area contributed by atoms with Crippen molar-refractivity contribution in [2.24, 2.45) is 4.99 Å². The van der Waals surface area contributed by atoms with Crippen LogP contribution in [0, 0.1) is 5.82 Å². The largest absolute Gasteiger partial charge is 0.468 e. The molecule has 28 heavy (non-hydrogen) atoms. The Labute approximate surface area is 174 Å². The Morgan fingerprint density at radius 3 is 2.64 bits per heavy atom. The fourth-order valence-electron chi connectivity index (χ4n) is 3.44. The highest BCUT2D eigenvalue weighted by molar-refractivity contribution is 8.01. The molecule has 0 amide bonds. The van der Waals surface area contributed by atoms with Gasteiger partial charge in [-0.15, -0.1) is 11.8 Å². The summed E-state index contributed by atoms with van der Waals surface area (Å²) in [6.07, 6.45) is 4.21. The highest BCUT2D eigenvalue weighted by Crippen LogP contribution is 2.50. The van der Waals surface area contributed by atoms with E-state index >= 15 is 0 Å². The molecule has 1 fully saturated rings. The van der Waals surface area contributed by atoms with Crippen molar-refractivity contribution in [3.05, 3.63) is 37.4 Å². The highest BCUT2D eigenvalue weighted by Gasteiger charge is 2.46. The number of aromatic nitrogens is 2. The first-order valence-corrected chi connectivity index (χ1v) is 11.1. The van der Waals surface area contributed by atoms with Crippen molar-refractivity contribution in [2.75, 3.05) is 7.11 Å². The molecule has 150 valence electrons. The second kappa shape index (κ2) is 7.68.